The van der Waals surface area contributed by atoms with Crippen LogP contribution >= 0.6 is 11.3 Å². The highest BCUT2D eigenvalue weighted by atomic mass is 32.1. The summed E-state index contributed by atoms with van der Waals surface area (Å²) in [6, 6.07) is 5.45. The first-order valence-electron chi connectivity index (χ1n) is 9.65. The van der Waals surface area contributed by atoms with Crippen molar-refractivity contribution in [2.75, 3.05) is 17.6 Å². The summed E-state index contributed by atoms with van der Waals surface area (Å²) in [6.07, 6.45) is 3.18. The summed E-state index contributed by atoms with van der Waals surface area (Å²) in [4.78, 5) is 25.1. The zero-order valence-electron chi connectivity index (χ0n) is 17.2. The molecule has 3 heterocycles. The molecule has 0 bridgehead atoms. The molecule has 0 aliphatic carbocycles. The zero-order chi connectivity index (χ0) is 21.5. The zero-order valence-corrected chi connectivity index (χ0v) is 18.0. The minimum atomic E-state index is -0.519. The number of benzene rings is 1. The SMILES string of the molecule is CC(C)(C)OC(=O)N1CCc2c(sc3ncnc(Nc4ccc(N)c(C=N)c4)c23)C1. The van der Waals surface area contributed by atoms with E-state index in [1.54, 1.807) is 22.3 Å². The van der Waals surface area contributed by atoms with Gasteiger partial charge >= 0.3 is 6.09 Å². The molecule has 8 nitrogen and oxygen atoms in total. The maximum atomic E-state index is 12.5. The van der Waals surface area contributed by atoms with Crippen LogP contribution in [0.5, 0.6) is 0 Å². The monoisotopic (exact) mass is 424 g/mol. The Morgan fingerprint density at radius 3 is 2.90 bits per heavy atom. The molecule has 1 amide bonds. The largest absolute Gasteiger partial charge is 0.444 e. The molecule has 1 aliphatic heterocycles. The first-order chi connectivity index (χ1) is 14.2. The molecular weight excluding hydrogens is 400 g/mol. The minimum Gasteiger partial charge on any atom is -0.444 e. The number of aromatic nitrogens is 2. The third-order valence-corrected chi connectivity index (χ3v) is 5.92. The lowest BCUT2D eigenvalue weighted by Crippen LogP contribution is -2.39. The molecule has 9 heteroatoms. The van der Waals surface area contributed by atoms with Crippen LogP contribution in [-0.4, -0.2) is 39.3 Å². The summed E-state index contributed by atoms with van der Waals surface area (Å²) >= 11 is 1.58. The average molecular weight is 425 g/mol. The Morgan fingerprint density at radius 2 is 2.17 bits per heavy atom. The van der Waals surface area contributed by atoms with Gasteiger partial charge in [-0.15, -0.1) is 11.3 Å². The number of nitrogen functional groups attached to an aromatic ring is 1. The molecule has 156 valence electrons. The van der Waals surface area contributed by atoms with E-state index in [2.05, 4.69) is 15.3 Å². The van der Waals surface area contributed by atoms with E-state index in [1.165, 1.54) is 18.1 Å². The second-order valence-electron chi connectivity index (χ2n) is 8.17. The number of carbonyl (C=O) groups excluding carboxylic acids is 1. The fraction of sp³-hybridized carbons (Fsp3) is 0.333. The summed E-state index contributed by atoms with van der Waals surface area (Å²) in [7, 11) is 0. The fourth-order valence-corrected chi connectivity index (χ4v) is 4.62. The normalized spacial score (nSPS) is 13.8. The molecule has 4 rings (SSSR count). The summed E-state index contributed by atoms with van der Waals surface area (Å²) in [5, 5.41) is 11.8. The Labute approximate surface area is 178 Å². The van der Waals surface area contributed by atoms with Crippen LogP contribution < -0.4 is 11.1 Å². The van der Waals surface area contributed by atoms with Gasteiger partial charge in [0.1, 0.15) is 22.6 Å². The average Bonchev–Trinajstić information content (AvgIpc) is 3.06. The topological polar surface area (TPSA) is 117 Å². The number of anilines is 3. The number of amides is 1. The number of hydrogen-bond donors (Lipinski definition) is 3. The van der Waals surface area contributed by atoms with Crippen LogP contribution in [0.15, 0.2) is 24.5 Å². The second-order valence-corrected chi connectivity index (χ2v) is 9.25. The summed E-state index contributed by atoms with van der Waals surface area (Å²) < 4.78 is 5.52. The quantitative estimate of drug-likeness (QED) is 0.426. The van der Waals surface area contributed by atoms with E-state index in [-0.39, 0.29) is 6.09 Å². The molecule has 0 fully saturated rings. The molecule has 30 heavy (non-hydrogen) atoms. The van der Waals surface area contributed by atoms with Gasteiger partial charge in [0.2, 0.25) is 0 Å². The van der Waals surface area contributed by atoms with Gasteiger partial charge in [-0.25, -0.2) is 14.8 Å². The number of rotatable bonds is 3. The predicted molar refractivity (Wildman–Crippen MR) is 120 cm³/mol. The van der Waals surface area contributed by atoms with Gasteiger partial charge in [-0.3, -0.25) is 0 Å². The van der Waals surface area contributed by atoms with Crippen LogP contribution in [-0.2, 0) is 17.7 Å². The molecule has 1 aromatic carbocycles. The van der Waals surface area contributed by atoms with Gasteiger partial charge in [0.25, 0.3) is 0 Å². The highest BCUT2D eigenvalue weighted by Gasteiger charge is 2.29. The summed E-state index contributed by atoms with van der Waals surface area (Å²) in [6.45, 7) is 6.70. The van der Waals surface area contributed by atoms with Crippen LogP contribution in [0.3, 0.4) is 0 Å². The van der Waals surface area contributed by atoms with Gasteiger partial charge in [0.05, 0.1) is 11.9 Å². The van der Waals surface area contributed by atoms with Crippen molar-refractivity contribution in [3.8, 4) is 0 Å². The Balaban J connectivity index is 1.64. The predicted octanol–water partition coefficient (Wildman–Crippen LogP) is 4.31. The first-order valence-corrected chi connectivity index (χ1v) is 10.5. The van der Waals surface area contributed by atoms with Gasteiger partial charge in [0, 0.05) is 34.6 Å². The third-order valence-electron chi connectivity index (χ3n) is 4.79. The van der Waals surface area contributed by atoms with E-state index in [4.69, 9.17) is 15.9 Å². The number of thiophene rings is 1. The molecule has 4 N–H and O–H groups in total. The van der Waals surface area contributed by atoms with Gasteiger partial charge in [-0.05, 0) is 51.0 Å². The van der Waals surface area contributed by atoms with E-state index in [0.717, 1.165) is 20.8 Å². The Bertz CT molecular complexity index is 1130. The molecule has 1 aliphatic rings. The number of ether oxygens (including phenoxy) is 1. The number of nitrogens with two attached hydrogens (primary N) is 1. The Morgan fingerprint density at radius 1 is 1.37 bits per heavy atom. The van der Waals surface area contributed by atoms with Crippen molar-refractivity contribution < 1.29 is 9.53 Å². The molecule has 3 aromatic rings. The van der Waals surface area contributed by atoms with Crippen molar-refractivity contribution in [1.82, 2.24) is 14.9 Å². The van der Waals surface area contributed by atoms with Crippen LogP contribution in [0.2, 0.25) is 0 Å². The van der Waals surface area contributed by atoms with Crippen molar-refractivity contribution >= 4 is 51.1 Å². The molecule has 2 aromatic heterocycles. The van der Waals surface area contributed by atoms with E-state index in [0.29, 0.717) is 36.6 Å². The first kappa shape index (κ1) is 20.1. The highest BCUT2D eigenvalue weighted by Crippen LogP contribution is 2.38. The molecule has 0 spiro atoms. The lowest BCUT2D eigenvalue weighted by Gasteiger charge is -2.30. The summed E-state index contributed by atoms with van der Waals surface area (Å²) in [5.41, 5.74) is 8.53. The minimum absolute atomic E-state index is 0.295. The van der Waals surface area contributed by atoms with Gasteiger partial charge in [0.15, 0.2) is 0 Å². The van der Waals surface area contributed by atoms with E-state index in [9.17, 15) is 4.79 Å². The van der Waals surface area contributed by atoms with E-state index < -0.39 is 5.60 Å². The van der Waals surface area contributed by atoms with Crippen molar-refractivity contribution in [2.45, 2.75) is 39.3 Å². The number of carbonyl (C=O) groups is 1. The van der Waals surface area contributed by atoms with Crippen LogP contribution in [0.4, 0.5) is 22.0 Å². The van der Waals surface area contributed by atoms with Gasteiger partial charge < -0.3 is 26.1 Å². The number of hydrogen-bond acceptors (Lipinski definition) is 8. The smallest absolute Gasteiger partial charge is 0.410 e. The molecular formula is C21H24N6O2S. The number of nitrogens with one attached hydrogen (secondary N) is 2. The van der Waals surface area contributed by atoms with E-state index in [1.807, 2.05) is 32.9 Å². The fourth-order valence-electron chi connectivity index (χ4n) is 3.42. The lowest BCUT2D eigenvalue weighted by molar-refractivity contribution is 0.0227. The molecule has 0 radical (unpaired) electrons. The molecule has 0 saturated carbocycles. The molecule has 0 unspecified atom stereocenters. The van der Waals surface area contributed by atoms with Crippen LogP contribution in [0, 0.1) is 5.41 Å². The summed E-state index contributed by atoms with van der Waals surface area (Å²) in [5.74, 6) is 0.712. The molecule has 0 saturated heterocycles. The van der Waals surface area contributed by atoms with E-state index >= 15 is 0 Å². The number of nitrogens with zero attached hydrogens (tertiary/aromatic N) is 3. The second kappa shape index (κ2) is 7.56. The van der Waals surface area contributed by atoms with Crippen LogP contribution in [0.1, 0.15) is 36.8 Å². The number of fused-ring (bicyclic) bond motifs is 3. The standard InChI is InChI=1S/C21H24N6O2S/c1-21(2,3)29-20(28)27-7-6-14-16(10-27)30-19-17(14)18(24-11-25-19)26-13-4-5-15(23)12(8-13)9-22/h4-5,8-9,11,22H,6-7,10,23H2,1-3H3,(H,24,25,26). The van der Waals surface area contributed by atoms with Gasteiger partial charge in [-0.2, -0.15) is 0 Å². The maximum absolute atomic E-state index is 12.5. The van der Waals surface area contributed by atoms with Crippen LogP contribution in [0.25, 0.3) is 10.2 Å². The Hall–Kier alpha value is -3.20. The van der Waals surface area contributed by atoms with Crippen molar-refractivity contribution in [3.63, 3.8) is 0 Å². The third kappa shape index (κ3) is 3.93. The van der Waals surface area contributed by atoms with Crippen molar-refractivity contribution in [2.24, 2.45) is 0 Å². The molecule has 0 atom stereocenters. The van der Waals surface area contributed by atoms with Crippen molar-refractivity contribution in [1.29, 1.82) is 5.41 Å². The lowest BCUT2D eigenvalue weighted by atomic mass is 10.1. The maximum Gasteiger partial charge on any atom is 0.410 e. The highest BCUT2D eigenvalue weighted by molar-refractivity contribution is 7.19. The Kier molecular flexibility index (Phi) is 5.07. The van der Waals surface area contributed by atoms with Crippen molar-refractivity contribution in [3.05, 3.63) is 40.5 Å². The van der Waals surface area contributed by atoms with Gasteiger partial charge in [-0.1, -0.05) is 0 Å².